The van der Waals surface area contributed by atoms with E-state index in [1.165, 1.54) is 0 Å². The van der Waals surface area contributed by atoms with E-state index in [0.717, 1.165) is 11.1 Å². The van der Waals surface area contributed by atoms with Crippen molar-refractivity contribution in [3.05, 3.63) is 71.8 Å². The summed E-state index contributed by atoms with van der Waals surface area (Å²) in [5.74, 6) is 0. The van der Waals surface area contributed by atoms with E-state index in [4.69, 9.17) is 4.74 Å². The third-order valence-electron chi connectivity index (χ3n) is 3.38. The minimum absolute atomic E-state index is 0.0691. The molecule has 0 aliphatic carbocycles. The van der Waals surface area contributed by atoms with Crippen LogP contribution in [0.1, 0.15) is 11.1 Å². The fourth-order valence-corrected chi connectivity index (χ4v) is 2.20. The van der Waals surface area contributed by atoms with Crippen molar-refractivity contribution >= 4 is 18.5 Å². The van der Waals surface area contributed by atoms with Crippen LogP contribution >= 0.6 is 0 Å². The van der Waals surface area contributed by atoms with Crippen LogP contribution in [0, 0.1) is 0 Å². The van der Waals surface area contributed by atoms with Crippen LogP contribution < -0.4 is 0 Å². The molecule has 1 N–H and O–H groups in total. The number of benzene rings is 2. The predicted molar refractivity (Wildman–Crippen MR) is 86.5 cm³/mol. The third kappa shape index (κ3) is 4.67. The van der Waals surface area contributed by atoms with Gasteiger partial charge in [-0.05, 0) is 11.1 Å². The number of nitrogens with zero attached hydrogens (tertiary/aromatic N) is 1. The quantitative estimate of drug-likeness (QED) is 0.824. The summed E-state index contributed by atoms with van der Waals surface area (Å²) in [5.41, 5.74) is 1.47. The number of ether oxygens (including phenoxy) is 1. The maximum Gasteiger partial charge on any atom is 0.420 e. The lowest BCUT2D eigenvalue weighted by atomic mass is 10.1. The summed E-state index contributed by atoms with van der Waals surface area (Å²) in [5, 5.41) is 9.29. The van der Waals surface area contributed by atoms with Crippen LogP contribution in [-0.2, 0) is 22.6 Å². The van der Waals surface area contributed by atoms with Crippen LogP contribution in [0.25, 0.3) is 0 Å². The summed E-state index contributed by atoms with van der Waals surface area (Å²) in [4.78, 5) is 35.3. The molecule has 2 aromatic carbocycles. The molecule has 0 radical (unpaired) electrons. The average Bonchev–Trinajstić information content (AvgIpc) is 2.61. The normalized spacial score (nSPS) is 11.3. The molecule has 2 rings (SSSR count). The molecule has 0 unspecified atom stereocenters. The molecule has 0 saturated carbocycles. The minimum Gasteiger partial charge on any atom is -0.465 e. The maximum absolute atomic E-state index is 12.1. The SMILES string of the molecule is O=C[C@H](Cc1ccccc1)N(C(=O)O)C(=O)OCc1ccccc1. The second-order valence-electron chi connectivity index (χ2n) is 5.09. The molecule has 0 aliphatic rings. The number of imide groups is 1. The van der Waals surface area contributed by atoms with Gasteiger partial charge < -0.3 is 14.6 Å². The molecule has 0 aromatic heterocycles. The molecule has 6 nitrogen and oxygen atoms in total. The number of rotatable bonds is 6. The highest BCUT2D eigenvalue weighted by atomic mass is 16.6. The molecule has 24 heavy (non-hydrogen) atoms. The Balaban J connectivity index is 2.07. The molecular weight excluding hydrogens is 310 g/mol. The summed E-state index contributed by atoms with van der Waals surface area (Å²) < 4.78 is 5.02. The van der Waals surface area contributed by atoms with E-state index in [-0.39, 0.29) is 13.0 Å². The van der Waals surface area contributed by atoms with Crippen molar-refractivity contribution in [3.63, 3.8) is 0 Å². The number of amides is 2. The van der Waals surface area contributed by atoms with Crippen molar-refractivity contribution in [2.24, 2.45) is 0 Å². The monoisotopic (exact) mass is 327 g/mol. The maximum atomic E-state index is 12.1. The number of hydrogen-bond acceptors (Lipinski definition) is 4. The molecule has 0 saturated heterocycles. The topological polar surface area (TPSA) is 83.9 Å². The van der Waals surface area contributed by atoms with Crippen LogP contribution in [0.5, 0.6) is 0 Å². The van der Waals surface area contributed by atoms with Crippen LogP contribution in [0.2, 0.25) is 0 Å². The van der Waals surface area contributed by atoms with Gasteiger partial charge in [-0.3, -0.25) is 0 Å². The molecule has 2 amide bonds. The Morgan fingerprint density at radius 1 is 1.00 bits per heavy atom. The van der Waals surface area contributed by atoms with Gasteiger partial charge in [0, 0.05) is 6.42 Å². The largest absolute Gasteiger partial charge is 0.465 e. The Morgan fingerprint density at radius 3 is 2.04 bits per heavy atom. The Kier molecular flexibility index (Phi) is 6.08. The lowest BCUT2D eigenvalue weighted by Gasteiger charge is -2.23. The van der Waals surface area contributed by atoms with Crippen molar-refractivity contribution in [1.82, 2.24) is 4.90 Å². The van der Waals surface area contributed by atoms with Gasteiger partial charge in [0.1, 0.15) is 18.9 Å². The summed E-state index contributed by atoms with van der Waals surface area (Å²) in [6.07, 6.45) is -2.07. The molecule has 0 heterocycles. The first-order valence-corrected chi connectivity index (χ1v) is 7.34. The molecule has 0 spiro atoms. The Bertz CT molecular complexity index is 687. The Hall–Kier alpha value is -3.15. The zero-order valence-electron chi connectivity index (χ0n) is 12.9. The van der Waals surface area contributed by atoms with E-state index in [1.54, 1.807) is 48.5 Å². The molecule has 124 valence electrons. The second-order valence-corrected chi connectivity index (χ2v) is 5.09. The van der Waals surface area contributed by atoms with E-state index in [9.17, 15) is 19.5 Å². The Labute approximate surface area is 139 Å². The van der Waals surface area contributed by atoms with Crippen molar-refractivity contribution in [1.29, 1.82) is 0 Å². The third-order valence-corrected chi connectivity index (χ3v) is 3.38. The highest BCUT2D eigenvalue weighted by Crippen LogP contribution is 2.11. The minimum atomic E-state index is -1.53. The Morgan fingerprint density at radius 2 is 1.54 bits per heavy atom. The lowest BCUT2D eigenvalue weighted by Crippen LogP contribution is -2.46. The first-order valence-electron chi connectivity index (χ1n) is 7.34. The number of hydrogen-bond donors (Lipinski definition) is 1. The van der Waals surface area contributed by atoms with E-state index >= 15 is 0 Å². The smallest absolute Gasteiger partial charge is 0.420 e. The van der Waals surface area contributed by atoms with Gasteiger partial charge in [0.05, 0.1) is 0 Å². The predicted octanol–water partition coefficient (Wildman–Crippen LogP) is 3.11. The van der Waals surface area contributed by atoms with Gasteiger partial charge in [-0.1, -0.05) is 60.7 Å². The van der Waals surface area contributed by atoms with Crippen LogP contribution in [0.3, 0.4) is 0 Å². The van der Waals surface area contributed by atoms with Gasteiger partial charge in [0.15, 0.2) is 0 Å². The van der Waals surface area contributed by atoms with E-state index < -0.39 is 18.2 Å². The molecule has 0 fully saturated rings. The summed E-state index contributed by atoms with van der Waals surface area (Å²) in [6.45, 7) is -0.0691. The first-order chi connectivity index (χ1) is 11.6. The van der Waals surface area contributed by atoms with Gasteiger partial charge in [0.25, 0.3) is 0 Å². The van der Waals surface area contributed by atoms with Crippen LogP contribution in [-0.4, -0.2) is 34.5 Å². The van der Waals surface area contributed by atoms with E-state index in [2.05, 4.69) is 0 Å². The number of carboxylic acid groups (broad SMARTS) is 1. The van der Waals surface area contributed by atoms with Crippen LogP contribution in [0.15, 0.2) is 60.7 Å². The molecular formula is C18H17NO5. The zero-order chi connectivity index (χ0) is 17.4. The number of aldehydes is 1. The number of carbonyl (C=O) groups excluding carboxylic acids is 2. The molecule has 0 aliphatic heterocycles. The van der Waals surface area contributed by atoms with Gasteiger partial charge >= 0.3 is 12.2 Å². The number of carbonyl (C=O) groups is 3. The molecule has 1 atom stereocenters. The van der Waals surface area contributed by atoms with Gasteiger partial charge in [0.2, 0.25) is 0 Å². The van der Waals surface area contributed by atoms with E-state index in [0.29, 0.717) is 11.2 Å². The van der Waals surface area contributed by atoms with Gasteiger partial charge in [-0.25, -0.2) is 14.5 Å². The van der Waals surface area contributed by atoms with Crippen molar-refractivity contribution in [3.8, 4) is 0 Å². The fourth-order valence-electron chi connectivity index (χ4n) is 2.20. The molecule has 2 aromatic rings. The zero-order valence-corrected chi connectivity index (χ0v) is 12.9. The van der Waals surface area contributed by atoms with Crippen molar-refractivity contribution in [2.75, 3.05) is 0 Å². The summed E-state index contributed by atoms with van der Waals surface area (Å²) in [7, 11) is 0. The highest BCUT2D eigenvalue weighted by Gasteiger charge is 2.31. The average molecular weight is 327 g/mol. The summed E-state index contributed by atoms with van der Waals surface area (Å²) >= 11 is 0. The van der Waals surface area contributed by atoms with Gasteiger partial charge in [-0.2, -0.15) is 0 Å². The lowest BCUT2D eigenvalue weighted by molar-refractivity contribution is -0.111. The van der Waals surface area contributed by atoms with Crippen LogP contribution in [0.4, 0.5) is 9.59 Å². The molecule has 0 bridgehead atoms. The standard InChI is InChI=1S/C18H17NO5/c20-12-16(11-14-7-3-1-4-8-14)19(17(21)22)18(23)24-13-15-9-5-2-6-10-15/h1-10,12,16H,11,13H2,(H,21,22)/t16-/m0/s1. The first kappa shape index (κ1) is 17.2. The van der Waals surface area contributed by atoms with Gasteiger partial charge in [-0.15, -0.1) is 0 Å². The van der Waals surface area contributed by atoms with Crippen molar-refractivity contribution < 1.29 is 24.2 Å². The van der Waals surface area contributed by atoms with E-state index in [1.807, 2.05) is 12.1 Å². The molecule has 6 heteroatoms. The summed E-state index contributed by atoms with van der Waals surface area (Å²) in [6, 6.07) is 16.6. The van der Waals surface area contributed by atoms with Crippen molar-refractivity contribution in [2.45, 2.75) is 19.1 Å². The fraction of sp³-hybridized carbons (Fsp3) is 0.167. The second kappa shape index (κ2) is 8.47. The highest BCUT2D eigenvalue weighted by molar-refractivity contribution is 5.90.